The van der Waals surface area contributed by atoms with E-state index in [1.54, 1.807) is 0 Å². The van der Waals surface area contributed by atoms with Gasteiger partial charge in [-0.3, -0.25) is 4.79 Å². The van der Waals surface area contributed by atoms with Crippen LogP contribution in [0.2, 0.25) is 5.02 Å². The average Bonchev–Trinajstić information content (AvgIpc) is 2.37. The largest absolute Gasteiger partial charge is 0.434 e. The van der Waals surface area contributed by atoms with E-state index in [0.29, 0.717) is 13.1 Å². The summed E-state index contributed by atoms with van der Waals surface area (Å²) in [6.45, 7) is -0.392. The zero-order valence-corrected chi connectivity index (χ0v) is 11.1. The Bertz CT molecular complexity index is 444. The SMILES string of the molecule is CC(CN)CNC(=O)c1cc(Cl)ccc1OC(F)F. The smallest absolute Gasteiger partial charge is 0.387 e. The molecule has 0 spiro atoms. The minimum atomic E-state index is -3.00. The molecule has 0 aliphatic heterocycles. The van der Waals surface area contributed by atoms with Gasteiger partial charge in [-0.2, -0.15) is 8.78 Å². The van der Waals surface area contributed by atoms with Crippen LogP contribution in [-0.4, -0.2) is 25.6 Å². The number of amides is 1. The third kappa shape index (κ3) is 5.00. The molecule has 1 aromatic rings. The summed E-state index contributed by atoms with van der Waals surface area (Å²) in [6, 6.07) is 3.88. The molecule has 0 heterocycles. The van der Waals surface area contributed by atoms with Crippen LogP contribution in [0, 0.1) is 5.92 Å². The summed E-state index contributed by atoms with van der Waals surface area (Å²) in [5.41, 5.74) is 5.39. The summed E-state index contributed by atoms with van der Waals surface area (Å²) in [6.07, 6.45) is 0. The second-order valence-corrected chi connectivity index (χ2v) is 4.51. The third-order valence-electron chi connectivity index (χ3n) is 2.42. The minimum absolute atomic E-state index is 0.0305. The highest BCUT2D eigenvalue weighted by Gasteiger charge is 2.16. The molecule has 1 amide bonds. The minimum Gasteiger partial charge on any atom is -0.434 e. The van der Waals surface area contributed by atoms with Crippen LogP contribution in [0.15, 0.2) is 18.2 Å². The highest BCUT2D eigenvalue weighted by molar-refractivity contribution is 6.31. The van der Waals surface area contributed by atoms with Gasteiger partial charge in [0, 0.05) is 11.6 Å². The number of carbonyl (C=O) groups is 1. The molecule has 7 heteroatoms. The molecular formula is C12H15ClF2N2O2. The number of benzene rings is 1. The van der Waals surface area contributed by atoms with E-state index in [-0.39, 0.29) is 22.3 Å². The molecule has 1 rings (SSSR count). The summed E-state index contributed by atoms with van der Waals surface area (Å²) in [7, 11) is 0. The van der Waals surface area contributed by atoms with Crippen molar-refractivity contribution in [2.45, 2.75) is 13.5 Å². The summed E-state index contributed by atoms with van der Waals surface area (Å²) in [5, 5.41) is 2.85. The summed E-state index contributed by atoms with van der Waals surface area (Å²) in [5.74, 6) is -0.654. The number of hydrogen-bond donors (Lipinski definition) is 2. The van der Waals surface area contributed by atoms with Gasteiger partial charge in [-0.25, -0.2) is 0 Å². The first-order chi connectivity index (χ1) is 8.93. The van der Waals surface area contributed by atoms with Crippen molar-refractivity contribution in [2.75, 3.05) is 13.1 Å². The predicted octanol–water partition coefficient (Wildman–Crippen LogP) is 2.27. The molecular weight excluding hydrogens is 278 g/mol. The molecule has 19 heavy (non-hydrogen) atoms. The number of halogens is 3. The zero-order chi connectivity index (χ0) is 14.4. The average molecular weight is 293 g/mol. The van der Waals surface area contributed by atoms with Gasteiger partial charge in [0.15, 0.2) is 0 Å². The molecule has 0 aromatic heterocycles. The maximum atomic E-state index is 12.2. The summed E-state index contributed by atoms with van der Waals surface area (Å²) in [4.78, 5) is 11.9. The zero-order valence-electron chi connectivity index (χ0n) is 10.3. The van der Waals surface area contributed by atoms with E-state index in [1.807, 2.05) is 6.92 Å². The Balaban J connectivity index is 2.84. The van der Waals surface area contributed by atoms with Gasteiger partial charge in [-0.1, -0.05) is 18.5 Å². The molecule has 0 saturated carbocycles. The van der Waals surface area contributed by atoms with Crippen LogP contribution in [0.5, 0.6) is 5.75 Å². The van der Waals surface area contributed by atoms with Crippen LogP contribution >= 0.6 is 11.6 Å². The quantitative estimate of drug-likeness (QED) is 0.845. The van der Waals surface area contributed by atoms with Gasteiger partial charge in [-0.15, -0.1) is 0 Å². The predicted molar refractivity (Wildman–Crippen MR) is 68.6 cm³/mol. The maximum Gasteiger partial charge on any atom is 0.387 e. The standard InChI is InChI=1S/C12H15ClF2N2O2/c1-7(5-16)6-17-11(18)9-4-8(13)2-3-10(9)19-12(14)15/h2-4,7,12H,5-6,16H2,1H3,(H,17,18). The highest BCUT2D eigenvalue weighted by Crippen LogP contribution is 2.24. The topological polar surface area (TPSA) is 64.3 Å². The maximum absolute atomic E-state index is 12.2. The first-order valence-electron chi connectivity index (χ1n) is 5.66. The van der Waals surface area contributed by atoms with E-state index in [4.69, 9.17) is 17.3 Å². The van der Waals surface area contributed by atoms with E-state index in [0.717, 1.165) is 0 Å². The Hall–Kier alpha value is -1.40. The van der Waals surface area contributed by atoms with E-state index in [2.05, 4.69) is 10.1 Å². The fourth-order valence-corrected chi connectivity index (χ4v) is 1.50. The summed E-state index contributed by atoms with van der Waals surface area (Å²) >= 11 is 5.74. The Kier molecular flexibility index (Phi) is 5.98. The highest BCUT2D eigenvalue weighted by atomic mass is 35.5. The fraction of sp³-hybridized carbons (Fsp3) is 0.417. The Labute approximate surface area is 114 Å². The number of carbonyl (C=O) groups excluding carboxylic acids is 1. The van der Waals surface area contributed by atoms with Crippen molar-refractivity contribution in [1.29, 1.82) is 0 Å². The van der Waals surface area contributed by atoms with Crippen LogP contribution < -0.4 is 15.8 Å². The second-order valence-electron chi connectivity index (χ2n) is 4.07. The number of alkyl halides is 2. The molecule has 1 unspecified atom stereocenters. The van der Waals surface area contributed by atoms with Crippen LogP contribution in [0.1, 0.15) is 17.3 Å². The second kappa shape index (κ2) is 7.25. The molecule has 0 radical (unpaired) electrons. The normalized spacial score (nSPS) is 12.3. The Morgan fingerprint density at radius 3 is 2.79 bits per heavy atom. The molecule has 106 valence electrons. The van der Waals surface area contributed by atoms with Gasteiger partial charge in [0.25, 0.3) is 5.91 Å². The van der Waals surface area contributed by atoms with Gasteiger partial charge >= 0.3 is 6.61 Å². The van der Waals surface area contributed by atoms with E-state index >= 15 is 0 Å². The lowest BCUT2D eigenvalue weighted by molar-refractivity contribution is -0.0501. The van der Waals surface area contributed by atoms with Crippen molar-refractivity contribution in [1.82, 2.24) is 5.32 Å². The lowest BCUT2D eigenvalue weighted by Crippen LogP contribution is -2.31. The molecule has 0 aliphatic rings. The van der Waals surface area contributed by atoms with Gasteiger partial charge in [-0.05, 0) is 30.7 Å². The van der Waals surface area contributed by atoms with Crippen molar-refractivity contribution in [2.24, 2.45) is 11.7 Å². The first kappa shape index (κ1) is 15.7. The molecule has 0 fully saturated rings. The van der Waals surface area contributed by atoms with Crippen molar-refractivity contribution in [3.05, 3.63) is 28.8 Å². The van der Waals surface area contributed by atoms with Gasteiger partial charge < -0.3 is 15.8 Å². The number of nitrogens with one attached hydrogen (secondary N) is 1. The molecule has 3 N–H and O–H groups in total. The van der Waals surface area contributed by atoms with Crippen molar-refractivity contribution < 1.29 is 18.3 Å². The van der Waals surface area contributed by atoms with E-state index in [1.165, 1.54) is 18.2 Å². The van der Waals surface area contributed by atoms with Crippen LogP contribution in [0.25, 0.3) is 0 Å². The van der Waals surface area contributed by atoms with Crippen LogP contribution in [0.4, 0.5) is 8.78 Å². The van der Waals surface area contributed by atoms with E-state index in [9.17, 15) is 13.6 Å². The van der Waals surface area contributed by atoms with Crippen LogP contribution in [0.3, 0.4) is 0 Å². The monoisotopic (exact) mass is 292 g/mol. The van der Waals surface area contributed by atoms with Crippen molar-refractivity contribution >= 4 is 17.5 Å². The number of nitrogens with two attached hydrogens (primary N) is 1. The molecule has 0 bridgehead atoms. The number of ether oxygens (including phenoxy) is 1. The Morgan fingerprint density at radius 2 is 2.21 bits per heavy atom. The lowest BCUT2D eigenvalue weighted by atomic mass is 10.1. The van der Waals surface area contributed by atoms with Gasteiger partial charge in [0.1, 0.15) is 5.75 Å². The third-order valence-corrected chi connectivity index (χ3v) is 2.65. The van der Waals surface area contributed by atoms with E-state index < -0.39 is 12.5 Å². The van der Waals surface area contributed by atoms with Gasteiger partial charge in [0.2, 0.25) is 0 Å². The first-order valence-corrected chi connectivity index (χ1v) is 6.04. The van der Waals surface area contributed by atoms with Crippen molar-refractivity contribution in [3.63, 3.8) is 0 Å². The molecule has 0 aliphatic carbocycles. The van der Waals surface area contributed by atoms with Gasteiger partial charge in [0.05, 0.1) is 5.56 Å². The molecule has 0 saturated heterocycles. The number of hydrogen-bond acceptors (Lipinski definition) is 3. The molecule has 4 nitrogen and oxygen atoms in total. The summed E-state index contributed by atoms with van der Waals surface area (Å²) < 4.78 is 28.7. The Morgan fingerprint density at radius 1 is 1.53 bits per heavy atom. The lowest BCUT2D eigenvalue weighted by Gasteiger charge is -2.13. The number of rotatable bonds is 6. The molecule has 1 atom stereocenters. The van der Waals surface area contributed by atoms with Crippen molar-refractivity contribution in [3.8, 4) is 5.75 Å². The van der Waals surface area contributed by atoms with Crippen LogP contribution in [-0.2, 0) is 0 Å². The fourth-order valence-electron chi connectivity index (χ4n) is 1.32. The molecule has 1 aromatic carbocycles.